The lowest BCUT2D eigenvalue weighted by Crippen LogP contribution is -2.24. The van der Waals surface area contributed by atoms with Gasteiger partial charge in [-0.2, -0.15) is 0 Å². The number of nitrogens with one attached hydrogen (secondary N) is 1. The van der Waals surface area contributed by atoms with Crippen LogP contribution in [0, 0.1) is 13.8 Å². The number of pyridine rings is 1. The number of amides is 1. The molecular weight excluding hydrogens is 240 g/mol. The second-order valence-corrected chi connectivity index (χ2v) is 4.43. The van der Waals surface area contributed by atoms with Crippen LogP contribution < -0.4 is 5.32 Å². The minimum absolute atomic E-state index is 0.132. The summed E-state index contributed by atoms with van der Waals surface area (Å²) in [4.78, 5) is 16.1. The molecule has 4 heteroatoms. The van der Waals surface area contributed by atoms with E-state index in [-0.39, 0.29) is 11.7 Å². The second-order valence-electron chi connectivity index (χ2n) is 4.43. The van der Waals surface area contributed by atoms with Gasteiger partial charge in [0.25, 0.3) is 5.91 Å². The number of nitrogens with zero attached hydrogens (tertiary/aromatic N) is 1. The first kappa shape index (κ1) is 13.1. The van der Waals surface area contributed by atoms with E-state index in [0.717, 1.165) is 11.1 Å². The summed E-state index contributed by atoms with van der Waals surface area (Å²) in [5.74, 6) is -0.0580. The molecule has 2 aromatic rings. The van der Waals surface area contributed by atoms with Gasteiger partial charge in [0.15, 0.2) is 0 Å². The number of phenolic OH excluding ortho intramolecular Hbond substituents is 1. The highest BCUT2D eigenvalue weighted by Gasteiger charge is 2.11. The monoisotopic (exact) mass is 256 g/mol. The summed E-state index contributed by atoms with van der Waals surface area (Å²) < 4.78 is 0. The molecule has 2 N–H and O–H groups in total. The molecule has 1 aromatic heterocycles. The van der Waals surface area contributed by atoms with Crippen LogP contribution in [0.1, 0.15) is 27.0 Å². The minimum atomic E-state index is -0.190. The van der Waals surface area contributed by atoms with Crippen molar-refractivity contribution in [1.29, 1.82) is 0 Å². The van der Waals surface area contributed by atoms with Crippen LogP contribution in [0.4, 0.5) is 0 Å². The zero-order valence-corrected chi connectivity index (χ0v) is 11.0. The number of rotatable bonds is 3. The maximum Gasteiger partial charge on any atom is 0.251 e. The fourth-order valence-corrected chi connectivity index (χ4v) is 1.84. The Kier molecular flexibility index (Phi) is 3.80. The molecule has 2 rings (SSSR count). The molecule has 0 fully saturated rings. The van der Waals surface area contributed by atoms with Crippen LogP contribution in [0.15, 0.2) is 36.7 Å². The summed E-state index contributed by atoms with van der Waals surface area (Å²) in [6, 6.07) is 6.81. The smallest absolute Gasteiger partial charge is 0.251 e. The largest absolute Gasteiger partial charge is 0.508 e. The van der Waals surface area contributed by atoms with E-state index in [1.54, 1.807) is 37.5 Å². The van der Waals surface area contributed by atoms with E-state index >= 15 is 0 Å². The van der Waals surface area contributed by atoms with E-state index in [1.165, 1.54) is 0 Å². The van der Waals surface area contributed by atoms with Crippen LogP contribution in [0.5, 0.6) is 5.75 Å². The molecule has 1 heterocycles. The van der Waals surface area contributed by atoms with Crippen LogP contribution in [0.3, 0.4) is 0 Å². The summed E-state index contributed by atoms with van der Waals surface area (Å²) in [6.45, 7) is 4.12. The van der Waals surface area contributed by atoms with Gasteiger partial charge in [-0.05, 0) is 43.2 Å². The molecule has 4 nitrogen and oxygen atoms in total. The van der Waals surface area contributed by atoms with Gasteiger partial charge in [0.2, 0.25) is 0 Å². The Morgan fingerprint density at radius 2 is 2.11 bits per heavy atom. The van der Waals surface area contributed by atoms with E-state index in [0.29, 0.717) is 17.7 Å². The van der Waals surface area contributed by atoms with Crippen LogP contribution in [0.2, 0.25) is 0 Å². The molecule has 0 saturated carbocycles. The Morgan fingerprint density at radius 3 is 2.84 bits per heavy atom. The van der Waals surface area contributed by atoms with Crippen molar-refractivity contribution in [1.82, 2.24) is 10.3 Å². The Morgan fingerprint density at radius 1 is 1.32 bits per heavy atom. The third kappa shape index (κ3) is 2.91. The van der Waals surface area contributed by atoms with Gasteiger partial charge in [-0.25, -0.2) is 0 Å². The summed E-state index contributed by atoms with van der Waals surface area (Å²) >= 11 is 0. The van der Waals surface area contributed by atoms with Gasteiger partial charge in [0.05, 0.1) is 0 Å². The molecule has 0 spiro atoms. The third-order valence-corrected chi connectivity index (χ3v) is 3.13. The van der Waals surface area contributed by atoms with Crippen molar-refractivity contribution in [2.24, 2.45) is 0 Å². The Bertz CT molecular complexity index is 609. The lowest BCUT2D eigenvalue weighted by molar-refractivity contribution is 0.0950. The summed E-state index contributed by atoms with van der Waals surface area (Å²) in [6.07, 6.45) is 3.47. The summed E-state index contributed by atoms with van der Waals surface area (Å²) in [7, 11) is 0. The molecule has 19 heavy (non-hydrogen) atoms. The summed E-state index contributed by atoms with van der Waals surface area (Å²) in [5, 5.41) is 12.4. The molecule has 0 aliphatic heterocycles. The van der Waals surface area contributed by atoms with Gasteiger partial charge in [-0.3, -0.25) is 9.78 Å². The molecule has 0 bridgehead atoms. The normalized spacial score (nSPS) is 10.2. The first-order valence-electron chi connectivity index (χ1n) is 6.06. The first-order chi connectivity index (χ1) is 9.09. The van der Waals surface area contributed by atoms with Crippen molar-refractivity contribution in [3.05, 3.63) is 58.9 Å². The molecule has 0 aliphatic rings. The number of carbonyl (C=O) groups excluding carboxylic acids is 1. The van der Waals surface area contributed by atoms with E-state index in [4.69, 9.17) is 0 Å². The van der Waals surface area contributed by atoms with Crippen LogP contribution >= 0.6 is 0 Å². The maximum atomic E-state index is 12.1. The number of hydrogen-bond donors (Lipinski definition) is 2. The average Bonchev–Trinajstić information content (AvgIpc) is 2.40. The standard InChI is InChI=1S/C15H16N2O2/c1-10-8-16-7-6-12(10)9-17-15(19)13-4-3-5-14(18)11(13)2/h3-8,18H,9H2,1-2H3,(H,17,19). The van der Waals surface area contributed by atoms with Crippen molar-refractivity contribution in [2.45, 2.75) is 20.4 Å². The minimum Gasteiger partial charge on any atom is -0.508 e. The number of hydrogen-bond acceptors (Lipinski definition) is 3. The molecule has 98 valence electrons. The van der Waals surface area contributed by atoms with Crippen LogP contribution in [-0.4, -0.2) is 16.0 Å². The fourth-order valence-electron chi connectivity index (χ4n) is 1.84. The molecule has 0 unspecified atom stereocenters. The van der Waals surface area contributed by atoms with Crippen molar-refractivity contribution in [2.75, 3.05) is 0 Å². The molecule has 1 aromatic carbocycles. The Labute approximate surface area is 112 Å². The van der Waals surface area contributed by atoms with Crippen LogP contribution in [-0.2, 0) is 6.54 Å². The lowest BCUT2D eigenvalue weighted by Gasteiger charge is -2.10. The van der Waals surface area contributed by atoms with Crippen molar-refractivity contribution >= 4 is 5.91 Å². The highest BCUT2D eigenvalue weighted by molar-refractivity contribution is 5.96. The van der Waals surface area contributed by atoms with E-state index in [1.807, 2.05) is 13.0 Å². The molecule has 0 atom stereocenters. The fraction of sp³-hybridized carbons (Fsp3) is 0.200. The van der Waals surface area contributed by atoms with Gasteiger partial charge in [-0.1, -0.05) is 6.07 Å². The predicted octanol–water partition coefficient (Wildman–Crippen LogP) is 2.33. The van der Waals surface area contributed by atoms with E-state index < -0.39 is 0 Å². The average molecular weight is 256 g/mol. The van der Waals surface area contributed by atoms with E-state index in [2.05, 4.69) is 10.3 Å². The predicted molar refractivity (Wildman–Crippen MR) is 73.0 cm³/mol. The van der Waals surface area contributed by atoms with Crippen molar-refractivity contribution in [3.63, 3.8) is 0 Å². The highest BCUT2D eigenvalue weighted by atomic mass is 16.3. The van der Waals surface area contributed by atoms with E-state index in [9.17, 15) is 9.90 Å². The number of carbonyl (C=O) groups is 1. The molecule has 0 saturated heterocycles. The number of benzene rings is 1. The Hall–Kier alpha value is -2.36. The molecule has 0 radical (unpaired) electrons. The highest BCUT2D eigenvalue weighted by Crippen LogP contribution is 2.19. The number of phenols is 1. The van der Waals surface area contributed by atoms with Gasteiger partial charge in [-0.15, -0.1) is 0 Å². The Balaban J connectivity index is 2.10. The zero-order valence-electron chi connectivity index (χ0n) is 11.0. The van der Waals surface area contributed by atoms with Crippen molar-refractivity contribution in [3.8, 4) is 5.75 Å². The molecular formula is C15H16N2O2. The van der Waals surface area contributed by atoms with Gasteiger partial charge >= 0.3 is 0 Å². The first-order valence-corrected chi connectivity index (χ1v) is 6.06. The molecule has 0 aliphatic carbocycles. The third-order valence-electron chi connectivity index (χ3n) is 3.13. The summed E-state index contributed by atoms with van der Waals surface area (Å²) in [5.41, 5.74) is 3.15. The zero-order chi connectivity index (χ0) is 13.8. The number of aromatic nitrogens is 1. The van der Waals surface area contributed by atoms with Gasteiger partial charge in [0.1, 0.15) is 5.75 Å². The number of aryl methyl sites for hydroxylation is 1. The van der Waals surface area contributed by atoms with Gasteiger partial charge in [0, 0.05) is 30.1 Å². The SMILES string of the molecule is Cc1cnccc1CNC(=O)c1cccc(O)c1C. The lowest BCUT2D eigenvalue weighted by atomic mass is 10.1. The number of aromatic hydroxyl groups is 1. The molecule has 1 amide bonds. The van der Waals surface area contributed by atoms with Gasteiger partial charge < -0.3 is 10.4 Å². The van der Waals surface area contributed by atoms with Crippen LogP contribution in [0.25, 0.3) is 0 Å². The quantitative estimate of drug-likeness (QED) is 0.886. The second kappa shape index (κ2) is 5.52. The van der Waals surface area contributed by atoms with Crippen molar-refractivity contribution < 1.29 is 9.90 Å². The topological polar surface area (TPSA) is 62.2 Å². The maximum absolute atomic E-state index is 12.1.